The summed E-state index contributed by atoms with van der Waals surface area (Å²) < 4.78 is 15.8. The number of ketones is 1. The molecular weight excluding hydrogens is 424 g/mol. The van der Waals surface area contributed by atoms with Crippen LogP contribution in [0.1, 0.15) is 17.2 Å². The van der Waals surface area contributed by atoms with Crippen molar-refractivity contribution in [3.63, 3.8) is 0 Å². The molecule has 0 aliphatic carbocycles. The highest BCUT2D eigenvalue weighted by Gasteiger charge is 2.46. The van der Waals surface area contributed by atoms with Crippen LogP contribution in [0.5, 0.6) is 11.5 Å². The summed E-state index contributed by atoms with van der Waals surface area (Å²) in [7, 11) is 3.13. The lowest BCUT2D eigenvalue weighted by Crippen LogP contribution is -2.42. The van der Waals surface area contributed by atoms with Gasteiger partial charge in [-0.1, -0.05) is 12.1 Å². The molecule has 8 nitrogen and oxygen atoms in total. The number of amides is 1. The quantitative estimate of drug-likeness (QED) is 0.392. The fraction of sp³-hybridized carbons (Fsp3) is 0.360. The molecule has 0 bridgehead atoms. The molecule has 2 fully saturated rings. The number of ether oxygens (including phenoxy) is 3. The maximum atomic E-state index is 13.1. The monoisotopic (exact) mass is 452 g/mol. The number of carbonyl (C=O) groups excluding carboxylic acids is 2. The first-order valence-electron chi connectivity index (χ1n) is 10.9. The van der Waals surface area contributed by atoms with Gasteiger partial charge in [0.25, 0.3) is 11.7 Å². The Morgan fingerprint density at radius 3 is 2.09 bits per heavy atom. The second kappa shape index (κ2) is 10.1. The van der Waals surface area contributed by atoms with Gasteiger partial charge in [-0.25, -0.2) is 0 Å². The summed E-state index contributed by atoms with van der Waals surface area (Å²) in [6.45, 7) is 3.84. The van der Waals surface area contributed by atoms with Crippen LogP contribution in [0.15, 0.2) is 54.1 Å². The molecule has 2 aromatic rings. The first-order chi connectivity index (χ1) is 16.0. The highest BCUT2D eigenvalue weighted by molar-refractivity contribution is 6.46. The maximum Gasteiger partial charge on any atom is 0.295 e. The van der Waals surface area contributed by atoms with E-state index in [1.165, 1.54) is 0 Å². The lowest BCUT2D eigenvalue weighted by atomic mass is 9.95. The van der Waals surface area contributed by atoms with Gasteiger partial charge in [0, 0.05) is 31.7 Å². The number of methoxy groups -OCH3 is 2. The number of benzene rings is 2. The minimum Gasteiger partial charge on any atom is -0.507 e. The van der Waals surface area contributed by atoms with Crippen molar-refractivity contribution < 1.29 is 28.9 Å². The van der Waals surface area contributed by atoms with Crippen molar-refractivity contribution in [2.24, 2.45) is 0 Å². The van der Waals surface area contributed by atoms with E-state index in [1.54, 1.807) is 55.5 Å². The number of nitrogens with zero attached hydrogens (tertiary/aromatic N) is 2. The highest BCUT2D eigenvalue weighted by atomic mass is 16.5. The summed E-state index contributed by atoms with van der Waals surface area (Å²) in [6.07, 6.45) is 0. The van der Waals surface area contributed by atoms with Gasteiger partial charge < -0.3 is 24.2 Å². The van der Waals surface area contributed by atoms with Crippen molar-refractivity contribution in [1.82, 2.24) is 9.80 Å². The Morgan fingerprint density at radius 1 is 0.939 bits per heavy atom. The summed E-state index contributed by atoms with van der Waals surface area (Å²) in [6, 6.07) is 13.2. The fourth-order valence-electron chi connectivity index (χ4n) is 4.22. The molecule has 1 amide bonds. The minimum absolute atomic E-state index is 0.0808. The third kappa shape index (κ3) is 4.72. The molecule has 2 aliphatic rings. The van der Waals surface area contributed by atoms with Crippen LogP contribution in [0.2, 0.25) is 0 Å². The molecule has 0 unspecified atom stereocenters. The van der Waals surface area contributed by atoms with Gasteiger partial charge in [-0.15, -0.1) is 0 Å². The van der Waals surface area contributed by atoms with E-state index in [9.17, 15) is 14.7 Å². The molecule has 0 spiro atoms. The van der Waals surface area contributed by atoms with Gasteiger partial charge in [0.05, 0.1) is 39.0 Å². The number of Topliss-reactive ketones (excluding diaryl/α,β-unsaturated/α-hetero) is 1. The molecule has 8 heteroatoms. The molecule has 0 radical (unpaired) electrons. The average molecular weight is 453 g/mol. The zero-order valence-electron chi connectivity index (χ0n) is 18.8. The lowest BCUT2D eigenvalue weighted by Gasteiger charge is -2.31. The number of rotatable bonds is 7. The minimum atomic E-state index is -0.695. The SMILES string of the molecule is COc1ccc(/C(O)=C2\C(=O)C(=O)N(CCN3CCOCC3)[C@@H]2c2ccc(OC)cc2)cc1. The first kappa shape index (κ1) is 22.8. The fourth-order valence-corrected chi connectivity index (χ4v) is 4.22. The average Bonchev–Trinajstić information content (AvgIpc) is 3.12. The molecule has 2 aromatic carbocycles. The number of aliphatic hydroxyl groups excluding tert-OH is 1. The van der Waals surface area contributed by atoms with Crippen LogP contribution in [0.25, 0.3) is 5.76 Å². The Bertz CT molecular complexity index is 1030. The number of likely N-dealkylation sites (tertiary alicyclic amines) is 1. The van der Waals surface area contributed by atoms with Crippen molar-refractivity contribution in [1.29, 1.82) is 0 Å². The maximum absolute atomic E-state index is 13.1. The topological polar surface area (TPSA) is 88.5 Å². The van der Waals surface area contributed by atoms with Gasteiger partial charge in [0.2, 0.25) is 0 Å². The van der Waals surface area contributed by atoms with Gasteiger partial charge in [0.1, 0.15) is 17.3 Å². The van der Waals surface area contributed by atoms with E-state index in [0.29, 0.717) is 43.4 Å². The Hall–Kier alpha value is -3.36. The van der Waals surface area contributed by atoms with Gasteiger partial charge in [-0.3, -0.25) is 14.5 Å². The number of morpholine rings is 1. The standard InChI is InChI=1S/C25H28N2O6/c1-31-19-7-3-17(4-8-19)22-21(23(28)18-5-9-20(32-2)10-6-18)24(29)25(30)27(22)12-11-26-13-15-33-16-14-26/h3-10,22,28H,11-16H2,1-2H3/b23-21+/t22-/m1/s1. The predicted molar refractivity (Wildman–Crippen MR) is 122 cm³/mol. The molecule has 2 heterocycles. The Morgan fingerprint density at radius 2 is 1.52 bits per heavy atom. The van der Waals surface area contributed by atoms with Gasteiger partial charge >= 0.3 is 0 Å². The molecule has 0 saturated carbocycles. The van der Waals surface area contributed by atoms with Crippen molar-refractivity contribution in [3.8, 4) is 11.5 Å². The summed E-state index contributed by atoms with van der Waals surface area (Å²) in [5, 5.41) is 11.1. The van der Waals surface area contributed by atoms with Gasteiger partial charge in [-0.05, 0) is 42.0 Å². The normalized spacial score (nSPS) is 20.8. The van der Waals surface area contributed by atoms with Crippen LogP contribution in [0.4, 0.5) is 0 Å². The van der Waals surface area contributed by atoms with Crippen LogP contribution in [0, 0.1) is 0 Å². The number of hydrogen-bond donors (Lipinski definition) is 1. The van der Waals surface area contributed by atoms with E-state index >= 15 is 0 Å². The van der Waals surface area contributed by atoms with Gasteiger partial charge in [-0.2, -0.15) is 0 Å². The summed E-state index contributed by atoms with van der Waals surface area (Å²) in [5.41, 5.74) is 1.25. The second-order valence-electron chi connectivity index (χ2n) is 7.95. The van der Waals surface area contributed by atoms with Crippen molar-refractivity contribution in [2.75, 3.05) is 53.6 Å². The Balaban J connectivity index is 1.72. The first-order valence-corrected chi connectivity index (χ1v) is 10.9. The molecule has 174 valence electrons. The predicted octanol–water partition coefficient (Wildman–Crippen LogP) is 2.46. The van der Waals surface area contributed by atoms with E-state index in [0.717, 1.165) is 18.7 Å². The van der Waals surface area contributed by atoms with E-state index in [2.05, 4.69) is 4.90 Å². The van der Waals surface area contributed by atoms with Crippen molar-refractivity contribution in [2.45, 2.75) is 6.04 Å². The van der Waals surface area contributed by atoms with Crippen LogP contribution in [-0.4, -0.2) is 80.2 Å². The zero-order chi connectivity index (χ0) is 23.4. The molecule has 33 heavy (non-hydrogen) atoms. The third-order valence-electron chi connectivity index (χ3n) is 6.10. The molecule has 1 N–H and O–H groups in total. The highest BCUT2D eigenvalue weighted by Crippen LogP contribution is 2.39. The lowest BCUT2D eigenvalue weighted by molar-refractivity contribution is -0.140. The van der Waals surface area contributed by atoms with Crippen molar-refractivity contribution >= 4 is 17.4 Å². The number of hydrogen-bond acceptors (Lipinski definition) is 7. The second-order valence-corrected chi connectivity index (χ2v) is 7.95. The largest absolute Gasteiger partial charge is 0.507 e. The Kier molecular flexibility index (Phi) is 6.96. The van der Waals surface area contributed by atoms with Crippen LogP contribution < -0.4 is 9.47 Å². The molecule has 2 saturated heterocycles. The van der Waals surface area contributed by atoms with E-state index < -0.39 is 17.7 Å². The molecule has 0 aromatic heterocycles. The molecular formula is C25H28N2O6. The van der Waals surface area contributed by atoms with Gasteiger partial charge in [0.15, 0.2) is 0 Å². The third-order valence-corrected chi connectivity index (χ3v) is 6.10. The van der Waals surface area contributed by atoms with E-state index in [1.807, 2.05) is 12.1 Å². The summed E-state index contributed by atoms with van der Waals surface area (Å²) in [5.74, 6) is -0.209. The number of carbonyl (C=O) groups is 2. The Labute approximate surface area is 193 Å². The smallest absolute Gasteiger partial charge is 0.295 e. The molecule has 2 aliphatic heterocycles. The zero-order valence-corrected chi connectivity index (χ0v) is 18.8. The van der Waals surface area contributed by atoms with E-state index in [4.69, 9.17) is 14.2 Å². The van der Waals surface area contributed by atoms with Crippen LogP contribution >= 0.6 is 0 Å². The van der Waals surface area contributed by atoms with Crippen LogP contribution in [0.3, 0.4) is 0 Å². The molecule has 4 rings (SSSR count). The van der Waals surface area contributed by atoms with Crippen LogP contribution in [-0.2, 0) is 14.3 Å². The molecule has 1 atom stereocenters. The number of aliphatic hydroxyl groups is 1. The van der Waals surface area contributed by atoms with Crippen molar-refractivity contribution in [3.05, 3.63) is 65.2 Å². The van der Waals surface area contributed by atoms with E-state index in [-0.39, 0.29) is 11.3 Å². The summed E-state index contributed by atoms with van der Waals surface area (Å²) in [4.78, 5) is 30.0. The summed E-state index contributed by atoms with van der Waals surface area (Å²) >= 11 is 0.